The largest absolute Gasteiger partial charge is 0.476 e. The lowest BCUT2D eigenvalue weighted by atomic mass is 10.1. The maximum absolute atomic E-state index is 10.9. The Labute approximate surface area is 86.7 Å². The molecule has 2 rings (SSSR count). The van der Waals surface area contributed by atoms with Crippen LogP contribution in [-0.2, 0) is 11.3 Å². The average Bonchev–Trinajstić information content (AvgIpc) is 2.15. The molecule has 0 atom stereocenters. The van der Waals surface area contributed by atoms with Crippen LogP contribution >= 0.6 is 0 Å². The molecular weight excluding hydrogens is 198 g/mol. The fourth-order valence-corrected chi connectivity index (χ4v) is 1.39. The number of aromatic nitrogens is 1. The first kappa shape index (κ1) is 9.92. The zero-order valence-electron chi connectivity index (χ0n) is 8.48. The van der Waals surface area contributed by atoms with E-state index in [4.69, 9.17) is 14.6 Å². The van der Waals surface area contributed by atoms with Gasteiger partial charge in [-0.25, -0.2) is 9.78 Å². The predicted molar refractivity (Wildman–Crippen MR) is 50.7 cm³/mol. The number of pyridine rings is 1. The van der Waals surface area contributed by atoms with Crippen molar-refractivity contribution in [2.45, 2.75) is 26.2 Å². The number of nitrogens with zero attached hydrogens (tertiary/aromatic N) is 1. The van der Waals surface area contributed by atoms with E-state index < -0.39 is 11.8 Å². The molecule has 0 fully saturated rings. The molecule has 0 unspecified atom stereocenters. The van der Waals surface area contributed by atoms with Crippen molar-refractivity contribution in [2.75, 3.05) is 0 Å². The van der Waals surface area contributed by atoms with Crippen LogP contribution in [0.3, 0.4) is 0 Å². The van der Waals surface area contributed by atoms with E-state index in [1.807, 2.05) is 0 Å². The lowest BCUT2D eigenvalue weighted by Crippen LogP contribution is -2.36. The Hall–Kier alpha value is -1.62. The lowest BCUT2D eigenvalue weighted by Gasteiger charge is -2.32. The highest BCUT2D eigenvalue weighted by atomic mass is 16.7. The summed E-state index contributed by atoms with van der Waals surface area (Å²) in [6.45, 7) is 3.80. The van der Waals surface area contributed by atoms with Gasteiger partial charge < -0.3 is 14.6 Å². The van der Waals surface area contributed by atoms with Crippen LogP contribution in [-0.4, -0.2) is 21.8 Å². The number of carbonyl (C=O) groups is 1. The van der Waals surface area contributed by atoms with Crippen molar-refractivity contribution in [1.82, 2.24) is 4.98 Å². The maximum atomic E-state index is 10.9. The van der Waals surface area contributed by atoms with E-state index in [-0.39, 0.29) is 5.69 Å². The number of hydrogen-bond donors (Lipinski definition) is 1. The monoisotopic (exact) mass is 209 g/mol. The first-order valence-electron chi connectivity index (χ1n) is 4.54. The van der Waals surface area contributed by atoms with Gasteiger partial charge in [0.1, 0.15) is 0 Å². The summed E-state index contributed by atoms with van der Waals surface area (Å²) in [5, 5.41) is 8.93. The van der Waals surface area contributed by atoms with Crippen LogP contribution in [0, 0.1) is 0 Å². The topological polar surface area (TPSA) is 68.7 Å². The quantitative estimate of drug-likeness (QED) is 0.757. The van der Waals surface area contributed by atoms with E-state index >= 15 is 0 Å². The first-order valence-corrected chi connectivity index (χ1v) is 4.54. The number of rotatable bonds is 1. The number of carboxylic acids is 1. The highest BCUT2D eigenvalue weighted by Crippen LogP contribution is 2.32. The second kappa shape index (κ2) is 3.20. The standard InChI is InChI=1S/C10H11NO4/c1-10(2)14-5-6-3-4-11-7(9(12)13)8(6)15-10/h3-4H,5H2,1-2H3,(H,12,13). The van der Waals surface area contributed by atoms with Gasteiger partial charge in [-0.1, -0.05) is 0 Å². The highest BCUT2D eigenvalue weighted by Gasteiger charge is 2.31. The molecule has 0 amide bonds. The Balaban J connectivity index is 2.50. The van der Waals surface area contributed by atoms with Crippen molar-refractivity contribution < 1.29 is 19.4 Å². The molecule has 5 nitrogen and oxygen atoms in total. The van der Waals surface area contributed by atoms with Crippen LogP contribution in [0.4, 0.5) is 0 Å². The minimum absolute atomic E-state index is 0.0659. The minimum atomic E-state index is -1.09. The molecule has 80 valence electrons. The SMILES string of the molecule is CC1(C)OCc2ccnc(C(=O)O)c2O1. The summed E-state index contributed by atoms with van der Waals surface area (Å²) in [7, 11) is 0. The predicted octanol–water partition coefficient (Wildman–Crippen LogP) is 1.42. The average molecular weight is 209 g/mol. The Bertz CT molecular complexity index is 414. The molecular formula is C10H11NO4. The molecule has 1 aliphatic rings. The third-order valence-electron chi connectivity index (χ3n) is 2.11. The highest BCUT2D eigenvalue weighted by molar-refractivity contribution is 5.89. The van der Waals surface area contributed by atoms with Crippen molar-refractivity contribution in [3.05, 3.63) is 23.5 Å². The maximum Gasteiger partial charge on any atom is 0.358 e. The van der Waals surface area contributed by atoms with Crippen LogP contribution in [0.1, 0.15) is 29.9 Å². The lowest BCUT2D eigenvalue weighted by molar-refractivity contribution is -0.180. The summed E-state index contributed by atoms with van der Waals surface area (Å²) in [4.78, 5) is 14.7. The van der Waals surface area contributed by atoms with Crippen molar-refractivity contribution in [2.24, 2.45) is 0 Å². The van der Waals surface area contributed by atoms with Crippen molar-refractivity contribution in [3.63, 3.8) is 0 Å². The van der Waals surface area contributed by atoms with Gasteiger partial charge in [-0.05, 0) is 6.07 Å². The molecule has 5 heteroatoms. The molecule has 15 heavy (non-hydrogen) atoms. The van der Waals surface area contributed by atoms with E-state index in [2.05, 4.69) is 4.98 Å². The van der Waals surface area contributed by atoms with Crippen LogP contribution in [0.25, 0.3) is 0 Å². The number of hydrogen-bond acceptors (Lipinski definition) is 4. The molecule has 0 aromatic carbocycles. The van der Waals surface area contributed by atoms with Crippen molar-refractivity contribution >= 4 is 5.97 Å². The number of aromatic carboxylic acids is 1. The third kappa shape index (κ3) is 1.78. The Kier molecular flexibility index (Phi) is 2.12. The summed E-state index contributed by atoms with van der Waals surface area (Å²) >= 11 is 0. The van der Waals surface area contributed by atoms with Crippen LogP contribution in [0.2, 0.25) is 0 Å². The van der Waals surface area contributed by atoms with E-state index in [1.165, 1.54) is 6.20 Å². The van der Waals surface area contributed by atoms with Crippen molar-refractivity contribution in [1.29, 1.82) is 0 Å². The van der Waals surface area contributed by atoms with Crippen molar-refractivity contribution in [3.8, 4) is 5.75 Å². The van der Waals surface area contributed by atoms with E-state index in [0.717, 1.165) is 0 Å². The summed E-state index contributed by atoms with van der Waals surface area (Å²) in [6, 6.07) is 1.69. The van der Waals surface area contributed by atoms with Gasteiger partial charge >= 0.3 is 5.97 Å². The van der Waals surface area contributed by atoms with Gasteiger partial charge in [0.25, 0.3) is 0 Å². The number of ether oxygens (including phenoxy) is 2. The summed E-state index contributed by atoms with van der Waals surface area (Å²) < 4.78 is 10.8. The molecule has 1 aromatic heterocycles. The second-order valence-corrected chi connectivity index (χ2v) is 3.74. The molecule has 0 aliphatic carbocycles. The minimum Gasteiger partial charge on any atom is -0.476 e. The van der Waals surface area contributed by atoms with E-state index in [1.54, 1.807) is 19.9 Å². The fourth-order valence-electron chi connectivity index (χ4n) is 1.39. The molecule has 0 saturated heterocycles. The van der Waals surface area contributed by atoms with Gasteiger partial charge in [0, 0.05) is 25.6 Å². The van der Waals surface area contributed by atoms with Gasteiger partial charge in [-0.3, -0.25) is 0 Å². The molecule has 0 bridgehead atoms. The van der Waals surface area contributed by atoms with Crippen LogP contribution in [0.5, 0.6) is 5.75 Å². The number of fused-ring (bicyclic) bond motifs is 1. The molecule has 1 aliphatic heterocycles. The summed E-state index contributed by atoms with van der Waals surface area (Å²) in [5.74, 6) is -1.59. The molecule has 0 saturated carbocycles. The normalized spacial score (nSPS) is 17.7. The van der Waals surface area contributed by atoms with Gasteiger partial charge in [-0.2, -0.15) is 0 Å². The fraction of sp³-hybridized carbons (Fsp3) is 0.400. The second-order valence-electron chi connectivity index (χ2n) is 3.74. The van der Waals surface area contributed by atoms with Gasteiger partial charge in [0.15, 0.2) is 11.4 Å². The first-order chi connectivity index (χ1) is 6.99. The van der Waals surface area contributed by atoms with E-state index in [9.17, 15) is 4.79 Å². The molecule has 2 heterocycles. The molecule has 1 N–H and O–H groups in total. The third-order valence-corrected chi connectivity index (χ3v) is 2.11. The summed E-state index contributed by atoms with van der Waals surface area (Å²) in [6.07, 6.45) is 1.44. The molecule has 0 spiro atoms. The zero-order valence-corrected chi connectivity index (χ0v) is 8.48. The number of carboxylic acid groups (broad SMARTS) is 1. The van der Waals surface area contributed by atoms with Gasteiger partial charge in [0.05, 0.1) is 6.61 Å². The van der Waals surface area contributed by atoms with Gasteiger partial charge in [-0.15, -0.1) is 0 Å². The molecule has 1 aromatic rings. The zero-order chi connectivity index (χ0) is 11.1. The summed E-state index contributed by atoms with van der Waals surface area (Å²) in [5.41, 5.74) is 0.644. The van der Waals surface area contributed by atoms with Gasteiger partial charge in [0.2, 0.25) is 5.79 Å². The van der Waals surface area contributed by atoms with Crippen LogP contribution < -0.4 is 4.74 Å². The Morgan fingerprint density at radius 3 is 3.00 bits per heavy atom. The Morgan fingerprint density at radius 2 is 2.33 bits per heavy atom. The van der Waals surface area contributed by atoms with Crippen LogP contribution in [0.15, 0.2) is 12.3 Å². The Morgan fingerprint density at radius 1 is 1.60 bits per heavy atom. The molecule has 0 radical (unpaired) electrons. The smallest absolute Gasteiger partial charge is 0.358 e. The van der Waals surface area contributed by atoms with E-state index in [0.29, 0.717) is 17.9 Å².